The number of hydrogen-bond donors (Lipinski definition) is 0. The number of carbonyl (C=O) groups is 2. The fraction of sp³-hybridized carbons (Fsp3) is 0.304. The SMILES string of the molecule is CC(=O)c1ccc(N2CCN(C(=O)c3cc(COc4ccc(C)nc4)on3)CC2)cc1. The topological polar surface area (TPSA) is 88.8 Å². The normalized spacial score (nSPS) is 13.9. The molecule has 3 aromatic rings. The van der Waals surface area contributed by atoms with E-state index in [2.05, 4.69) is 15.0 Å². The van der Waals surface area contributed by atoms with Gasteiger partial charge >= 0.3 is 0 Å². The van der Waals surface area contributed by atoms with Gasteiger partial charge < -0.3 is 19.1 Å². The number of piperazine rings is 1. The van der Waals surface area contributed by atoms with Gasteiger partial charge in [0.2, 0.25) is 0 Å². The van der Waals surface area contributed by atoms with Gasteiger partial charge in [0.1, 0.15) is 12.4 Å². The molecule has 8 nitrogen and oxygen atoms in total. The third kappa shape index (κ3) is 4.91. The fourth-order valence-electron chi connectivity index (χ4n) is 3.41. The van der Waals surface area contributed by atoms with Crippen LogP contribution < -0.4 is 9.64 Å². The Kier molecular flexibility index (Phi) is 5.97. The fourth-order valence-corrected chi connectivity index (χ4v) is 3.41. The summed E-state index contributed by atoms with van der Waals surface area (Å²) in [6, 6.07) is 12.9. The number of pyridine rings is 1. The highest BCUT2D eigenvalue weighted by Crippen LogP contribution is 2.19. The summed E-state index contributed by atoms with van der Waals surface area (Å²) in [7, 11) is 0. The van der Waals surface area contributed by atoms with Crippen molar-refractivity contribution in [2.75, 3.05) is 31.1 Å². The van der Waals surface area contributed by atoms with Gasteiger partial charge in [-0.15, -0.1) is 0 Å². The first kappa shape index (κ1) is 20.6. The van der Waals surface area contributed by atoms with Crippen LogP contribution in [0, 0.1) is 6.92 Å². The number of benzene rings is 1. The lowest BCUT2D eigenvalue weighted by Gasteiger charge is -2.35. The van der Waals surface area contributed by atoms with Gasteiger partial charge in [0.15, 0.2) is 17.2 Å². The third-order valence-corrected chi connectivity index (χ3v) is 5.25. The van der Waals surface area contributed by atoms with Crippen molar-refractivity contribution < 1.29 is 18.8 Å². The number of anilines is 1. The van der Waals surface area contributed by atoms with Crippen molar-refractivity contribution in [3.63, 3.8) is 0 Å². The number of aryl methyl sites for hydroxylation is 1. The highest BCUT2D eigenvalue weighted by atomic mass is 16.5. The lowest BCUT2D eigenvalue weighted by atomic mass is 10.1. The Labute approximate surface area is 180 Å². The lowest BCUT2D eigenvalue weighted by Crippen LogP contribution is -2.48. The Hall–Kier alpha value is -3.68. The van der Waals surface area contributed by atoms with E-state index in [1.165, 1.54) is 0 Å². The maximum Gasteiger partial charge on any atom is 0.276 e. The summed E-state index contributed by atoms with van der Waals surface area (Å²) in [6.45, 7) is 6.22. The Balaban J connectivity index is 1.30. The molecule has 3 heterocycles. The zero-order valence-corrected chi connectivity index (χ0v) is 17.6. The van der Waals surface area contributed by atoms with E-state index in [0.717, 1.165) is 11.4 Å². The maximum absolute atomic E-state index is 12.8. The molecule has 1 fully saturated rings. The van der Waals surface area contributed by atoms with Gasteiger partial charge in [0.05, 0.1) is 6.20 Å². The van der Waals surface area contributed by atoms with Crippen LogP contribution in [-0.4, -0.2) is 52.9 Å². The highest BCUT2D eigenvalue weighted by Gasteiger charge is 2.25. The van der Waals surface area contributed by atoms with Crippen LogP contribution in [0.4, 0.5) is 5.69 Å². The average Bonchev–Trinajstić information content (AvgIpc) is 3.27. The molecule has 31 heavy (non-hydrogen) atoms. The molecule has 0 unspecified atom stereocenters. The molecule has 160 valence electrons. The number of carbonyl (C=O) groups excluding carboxylic acids is 2. The largest absolute Gasteiger partial charge is 0.484 e. The van der Waals surface area contributed by atoms with Crippen LogP contribution in [0.3, 0.4) is 0 Å². The molecule has 0 spiro atoms. The van der Waals surface area contributed by atoms with E-state index < -0.39 is 0 Å². The summed E-state index contributed by atoms with van der Waals surface area (Å²) in [5.41, 5.74) is 2.93. The molecular formula is C23H24N4O4. The predicted octanol–water partition coefficient (Wildman–Crippen LogP) is 3.12. The summed E-state index contributed by atoms with van der Waals surface area (Å²) >= 11 is 0. The predicted molar refractivity (Wildman–Crippen MR) is 114 cm³/mol. The van der Waals surface area contributed by atoms with Crippen LogP contribution >= 0.6 is 0 Å². The summed E-state index contributed by atoms with van der Waals surface area (Å²) in [6.07, 6.45) is 1.64. The number of rotatable bonds is 6. The van der Waals surface area contributed by atoms with E-state index in [0.29, 0.717) is 43.3 Å². The van der Waals surface area contributed by atoms with Crippen LogP contribution in [0.15, 0.2) is 53.2 Å². The molecule has 1 saturated heterocycles. The minimum absolute atomic E-state index is 0.0508. The first-order valence-corrected chi connectivity index (χ1v) is 10.2. The van der Waals surface area contributed by atoms with Crippen molar-refractivity contribution >= 4 is 17.4 Å². The Morgan fingerprint density at radius 1 is 1.06 bits per heavy atom. The molecular weight excluding hydrogens is 396 g/mol. The number of nitrogens with zero attached hydrogens (tertiary/aromatic N) is 4. The zero-order chi connectivity index (χ0) is 21.8. The van der Waals surface area contributed by atoms with Crippen LogP contribution in [0.5, 0.6) is 5.75 Å². The number of aromatic nitrogens is 2. The van der Waals surface area contributed by atoms with E-state index in [9.17, 15) is 9.59 Å². The summed E-state index contributed by atoms with van der Waals surface area (Å²) in [5, 5.41) is 3.91. The number of hydrogen-bond acceptors (Lipinski definition) is 7. The van der Waals surface area contributed by atoms with Crippen LogP contribution in [-0.2, 0) is 6.61 Å². The molecule has 0 saturated carbocycles. The first-order chi connectivity index (χ1) is 15.0. The van der Waals surface area contributed by atoms with Crippen molar-refractivity contribution in [2.24, 2.45) is 0 Å². The Morgan fingerprint density at radius 2 is 1.81 bits per heavy atom. The number of ether oxygens (including phenoxy) is 1. The minimum atomic E-state index is -0.154. The van der Waals surface area contributed by atoms with Crippen LogP contribution in [0.1, 0.15) is 39.2 Å². The smallest absolute Gasteiger partial charge is 0.276 e. The minimum Gasteiger partial charge on any atom is -0.484 e. The van der Waals surface area contributed by atoms with E-state index in [-0.39, 0.29) is 24.0 Å². The highest BCUT2D eigenvalue weighted by molar-refractivity contribution is 5.94. The molecule has 0 atom stereocenters. The van der Waals surface area contributed by atoms with Crippen molar-refractivity contribution in [1.82, 2.24) is 15.0 Å². The summed E-state index contributed by atoms with van der Waals surface area (Å²) < 4.78 is 10.9. The van der Waals surface area contributed by atoms with Crippen molar-refractivity contribution in [2.45, 2.75) is 20.5 Å². The molecule has 1 aromatic carbocycles. The Morgan fingerprint density at radius 3 is 2.45 bits per heavy atom. The second-order valence-electron chi connectivity index (χ2n) is 7.48. The van der Waals surface area contributed by atoms with Gasteiger partial charge in [-0.3, -0.25) is 14.6 Å². The van der Waals surface area contributed by atoms with Gasteiger partial charge in [0.25, 0.3) is 5.91 Å². The molecule has 2 aromatic heterocycles. The van der Waals surface area contributed by atoms with Crippen molar-refractivity contribution in [3.05, 3.63) is 71.4 Å². The standard InChI is InChI=1S/C23H24N4O4/c1-16-3-8-20(14-24-16)30-15-21-13-22(25-31-21)23(29)27-11-9-26(10-12-27)19-6-4-18(5-7-19)17(2)28/h3-8,13-14H,9-12,15H2,1-2H3. The van der Waals surface area contributed by atoms with E-state index in [1.807, 2.05) is 43.3 Å². The number of amides is 1. The first-order valence-electron chi connectivity index (χ1n) is 10.2. The van der Waals surface area contributed by atoms with Gasteiger partial charge in [-0.2, -0.15) is 0 Å². The second kappa shape index (κ2) is 8.99. The maximum atomic E-state index is 12.8. The Bertz CT molecular complexity index is 1050. The van der Waals surface area contributed by atoms with Gasteiger partial charge in [0, 0.05) is 49.2 Å². The van der Waals surface area contributed by atoms with E-state index in [4.69, 9.17) is 9.26 Å². The summed E-state index contributed by atoms with van der Waals surface area (Å²) in [5.74, 6) is 1.00. The molecule has 0 bridgehead atoms. The second-order valence-corrected chi connectivity index (χ2v) is 7.48. The lowest BCUT2D eigenvalue weighted by molar-refractivity contribution is 0.0735. The van der Waals surface area contributed by atoms with Crippen LogP contribution in [0.25, 0.3) is 0 Å². The van der Waals surface area contributed by atoms with Gasteiger partial charge in [-0.05, 0) is 50.2 Å². The van der Waals surface area contributed by atoms with Crippen molar-refractivity contribution in [3.8, 4) is 5.75 Å². The summed E-state index contributed by atoms with van der Waals surface area (Å²) in [4.78, 5) is 32.4. The van der Waals surface area contributed by atoms with Crippen LogP contribution in [0.2, 0.25) is 0 Å². The average molecular weight is 420 g/mol. The van der Waals surface area contributed by atoms with Gasteiger partial charge in [-0.25, -0.2) is 0 Å². The van der Waals surface area contributed by atoms with Crippen molar-refractivity contribution in [1.29, 1.82) is 0 Å². The molecule has 8 heteroatoms. The third-order valence-electron chi connectivity index (χ3n) is 5.25. The number of Topliss-reactive ketones (excluding diaryl/α,β-unsaturated/α-hetero) is 1. The molecule has 1 aliphatic heterocycles. The molecule has 4 rings (SSSR count). The molecule has 0 N–H and O–H groups in total. The van der Waals surface area contributed by atoms with E-state index in [1.54, 1.807) is 24.1 Å². The molecule has 1 aliphatic rings. The van der Waals surface area contributed by atoms with E-state index >= 15 is 0 Å². The quantitative estimate of drug-likeness (QED) is 0.566. The molecule has 1 amide bonds. The molecule has 0 aliphatic carbocycles. The number of ketones is 1. The monoisotopic (exact) mass is 420 g/mol. The van der Waals surface area contributed by atoms with Gasteiger partial charge in [-0.1, -0.05) is 5.16 Å². The zero-order valence-electron chi connectivity index (χ0n) is 17.6. The molecule has 0 radical (unpaired) electrons.